The van der Waals surface area contributed by atoms with E-state index in [9.17, 15) is 5.11 Å². The van der Waals surface area contributed by atoms with Crippen LogP contribution in [0.1, 0.15) is 26.0 Å². The summed E-state index contributed by atoms with van der Waals surface area (Å²) in [5.74, 6) is 0. The van der Waals surface area contributed by atoms with E-state index in [4.69, 9.17) is 4.74 Å². The molecule has 1 aromatic heterocycles. The van der Waals surface area contributed by atoms with Crippen LogP contribution in [0.15, 0.2) is 31.0 Å². The third-order valence-electron chi connectivity index (χ3n) is 3.62. The SMILES string of the molecule is C=CCOC[C@H](O)CN(Cc1cccn1C)[C@@H](C)CC. The van der Waals surface area contributed by atoms with Gasteiger partial charge in [0.2, 0.25) is 0 Å². The van der Waals surface area contributed by atoms with Crippen LogP contribution in [0.3, 0.4) is 0 Å². The summed E-state index contributed by atoms with van der Waals surface area (Å²) in [4.78, 5) is 2.30. The van der Waals surface area contributed by atoms with Gasteiger partial charge in [-0.1, -0.05) is 13.0 Å². The number of aliphatic hydroxyl groups is 1. The topological polar surface area (TPSA) is 37.6 Å². The fourth-order valence-corrected chi connectivity index (χ4v) is 2.14. The molecule has 0 saturated carbocycles. The quantitative estimate of drug-likeness (QED) is 0.527. The van der Waals surface area contributed by atoms with Gasteiger partial charge >= 0.3 is 0 Å². The molecule has 4 nitrogen and oxygen atoms in total. The normalized spacial score (nSPS) is 14.4. The Hall–Kier alpha value is -1.10. The second-order valence-corrected chi connectivity index (χ2v) is 5.28. The molecule has 1 rings (SSSR count). The molecule has 114 valence electrons. The van der Waals surface area contributed by atoms with Crippen molar-refractivity contribution >= 4 is 0 Å². The van der Waals surface area contributed by atoms with E-state index in [0.29, 0.717) is 25.8 Å². The number of aliphatic hydroxyl groups excluding tert-OH is 1. The first kappa shape index (κ1) is 17.0. The van der Waals surface area contributed by atoms with Crippen molar-refractivity contribution in [3.05, 3.63) is 36.7 Å². The van der Waals surface area contributed by atoms with E-state index in [-0.39, 0.29) is 0 Å². The molecule has 0 radical (unpaired) electrons. The lowest BCUT2D eigenvalue weighted by atomic mass is 10.2. The second kappa shape index (κ2) is 8.95. The number of aromatic nitrogens is 1. The largest absolute Gasteiger partial charge is 0.389 e. The highest BCUT2D eigenvalue weighted by Gasteiger charge is 2.18. The molecule has 1 aromatic rings. The predicted octanol–water partition coefficient (Wildman–Crippen LogP) is 2.19. The molecular formula is C16H28N2O2. The van der Waals surface area contributed by atoms with Gasteiger partial charge < -0.3 is 14.4 Å². The standard InChI is InChI=1S/C16H28N2O2/c1-5-10-20-13-16(19)12-18(14(3)6-2)11-15-8-7-9-17(15)4/h5,7-9,14,16,19H,1,6,10-13H2,2-4H3/t14-,16+/m0/s1. The van der Waals surface area contributed by atoms with Crippen LogP contribution in [0.25, 0.3) is 0 Å². The van der Waals surface area contributed by atoms with Crippen molar-refractivity contribution in [2.45, 2.75) is 39.0 Å². The fourth-order valence-electron chi connectivity index (χ4n) is 2.14. The first-order valence-corrected chi connectivity index (χ1v) is 7.29. The molecule has 20 heavy (non-hydrogen) atoms. The minimum atomic E-state index is -0.468. The summed E-state index contributed by atoms with van der Waals surface area (Å²) in [7, 11) is 2.05. The lowest BCUT2D eigenvalue weighted by molar-refractivity contribution is 0.0152. The number of nitrogens with zero attached hydrogens (tertiary/aromatic N) is 2. The Morgan fingerprint density at radius 3 is 2.85 bits per heavy atom. The molecule has 1 heterocycles. The minimum Gasteiger partial charge on any atom is -0.389 e. The summed E-state index contributed by atoms with van der Waals surface area (Å²) in [6, 6.07) is 4.60. The van der Waals surface area contributed by atoms with Crippen molar-refractivity contribution in [3.63, 3.8) is 0 Å². The summed E-state index contributed by atoms with van der Waals surface area (Å²) >= 11 is 0. The lowest BCUT2D eigenvalue weighted by Crippen LogP contribution is -2.40. The van der Waals surface area contributed by atoms with E-state index in [1.165, 1.54) is 5.69 Å². The maximum absolute atomic E-state index is 10.1. The fraction of sp³-hybridized carbons (Fsp3) is 0.625. The van der Waals surface area contributed by atoms with Gasteiger partial charge in [-0.05, 0) is 25.5 Å². The molecule has 4 heteroatoms. The molecule has 0 bridgehead atoms. The van der Waals surface area contributed by atoms with Crippen molar-refractivity contribution in [2.75, 3.05) is 19.8 Å². The van der Waals surface area contributed by atoms with Gasteiger partial charge in [0, 0.05) is 38.1 Å². The highest BCUT2D eigenvalue weighted by atomic mass is 16.5. The Bertz CT molecular complexity index is 390. The molecule has 0 aliphatic rings. The van der Waals surface area contributed by atoms with E-state index in [2.05, 4.69) is 36.0 Å². The zero-order chi connectivity index (χ0) is 15.0. The van der Waals surface area contributed by atoms with E-state index in [1.54, 1.807) is 6.08 Å². The molecule has 0 saturated heterocycles. The van der Waals surface area contributed by atoms with Gasteiger partial charge in [-0.2, -0.15) is 0 Å². The van der Waals surface area contributed by atoms with E-state index >= 15 is 0 Å². The van der Waals surface area contributed by atoms with Crippen LogP contribution in [0.4, 0.5) is 0 Å². The molecule has 1 N–H and O–H groups in total. The van der Waals surface area contributed by atoms with Crippen molar-refractivity contribution in [1.82, 2.24) is 9.47 Å². The molecule has 0 unspecified atom stereocenters. The van der Waals surface area contributed by atoms with Crippen LogP contribution in [-0.2, 0) is 18.3 Å². The zero-order valence-electron chi connectivity index (χ0n) is 13.0. The summed E-state index contributed by atoms with van der Waals surface area (Å²) in [5, 5.41) is 10.1. The molecule has 0 fully saturated rings. The number of aryl methyl sites for hydroxylation is 1. The number of ether oxygens (including phenoxy) is 1. The third kappa shape index (κ3) is 5.49. The van der Waals surface area contributed by atoms with Crippen molar-refractivity contribution in [3.8, 4) is 0 Å². The lowest BCUT2D eigenvalue weighted by Gasteiger charge is -2.30. The van der Waals surface area contributed by atoms with Crippen LogP contribution >= 0.6 is 0 Å². The second-order valence-electron chi connectivity index (χ2n) is 5.28. The predicted molar refractivity (Wildman–Crippen MR) is 82.6 cm³/mol. The first-order chi connectivity index (χ1) is 9.58. The molecule has 0 aliphatic carbocycles. The molecule has 0 spiro atoms. The Morgan fingerprint density at radius 2 is 2.30 bits per heavy atom. The van der Waals surface area contributed by atoms with Gasteiger partial charge in [0.1, 0.15) is 0 Å². The zero-order valence-corrected chi connectivity index (χ0v) is 13.0. The van der Waals surface area contributed by atoms with Crippen molar-refractivity contribution in [1.29, 1.82) is 0 Å². The van der Waals surface area contributed by atoms with Gasteiger partial charge in [0.05, 0.1) is 19.3 Å². The van der Waals surface area contributed by atoms with Crippen LogP contribution in [0.5, 0.6) is 0 Å². The number of hydrogen-bond acceptors (Lipinski definition) is 3. The Labute approximate surface area is 122 Å². The molecular weight excluding hydrogens is 252 g/mol. The smallest absolute Gasteiger partial charge is 0.0900 e. The van der Waals surface area contributed by atoms with Crippen molar-refractivity contribution in [2.24, 2.45) is 7.05 Å². The molecule has 0 amide bonds. The Balaban J connectivity index is 2.56. The minimum absolute atomic E-state index is 0.353. The Morgan fingerprint density at radius 1 is 1.55 bits per heavy atom. The van der Waals surface area contributed by atoms with Gasteiger partial charge in [-0.3, -0.25) is 4.90 Å². The van der Waals surface area contributed by atoms with E-state index in [1.807, 2.05) is 19.3 Å². The number of hydrogen-bond donors (Lipinski definition) is 1. The highest BCUT2D eigenvalue weighted by molar-refractivity contribution is 5.06. The first-order valence-electron chi connectivity index (χ1n) is 7.29. The molecule has 2 atom stereocenters. The summed E-state index contributed by atoms with van der Waals surface area (Å²) in [5.41, 5.74) is 1.25. The highest BCUT2D eigenvalue weighted by Crippen LogP contribution is 2.11. The van der Waals surface area contributed by atoms with Gasteiger partial charge in [-0.25, -0.2) is 0 Å². The third-order valence-corrected chi connectivity index (χ3v) is 3.62. The maximum atomic E-state index is 10.1. The van der Waals surface area contributed by atoms with Gasteiger partial charge in [0.15, 0.2) is 0 Å². The van der Waals surface area contributed by atoms with E-state index < -0.39 is 6.10 Å². The monoisotopic (exact) mass is 280 g/mol. The van der Waals surface area contributed by atoms with Gasteiger partial charge in [-0.15, -0.1) is 6.58 Å². The average Bonchev–Trinajstić information content (AvgIpc) is 2.83. The van der Waals surface area contributed by atoms with Crippen LogP contribution < -0.4 is 0 Å². The summed E-state index contributed by atoms with van der Waals surface area (Å²) < 4.78 is 7.44. The van der Waals surface area contributed by atoms with Crippen molar-refractivity contribution < 1.29 is 9.84 Å². The maximum Gasteiger partial charge on any atom is 0.0900 e. The molecule has 0 aromatic carbocycles. The van der Waals surface area contributed by atoms with Gasteiger partial charge in [0.25, 0.3) is 0 Å². The van der Waals surface area contributed by atoms with Crippen LogP contribution in [0.2, 0.25) is 0 Å². The molecule has 0 aliphatic heterocycles. The number of rotatable bonds is 10. The van der Waals surface area contributed by atoms with Crippen LogP contribution in [0, 0.1) is 0 Å². The summed E-state index contributed by atoms with van der Waals surface area (Å²) in [6.07, 6.45) is 4.34. The Kier molecular flexibility index (Phi) is 7.59. The van der Waals surface area contributed by atoms with E-state index in [0.717, 1.165) is 13.0 Å². The van der Waals surface area contributed by atoms with Crippen LogP contribution in [-0.4, -0.2) is 46.5 Å². The summed E-state index contributed by atoms with van der Waals surface area (Å²) in [6.45, 7) is 10.3. The average molecular weight is 280 g/mol.